The van der Waals surface area contributed by atoms with Crippen LogP contribution in [0.15, 0.2) is 27.3 Å². The molecule has 22 heavy (non-hydrogen) atoms. The Labute approximate surface area is 134 Å². The fourth-order valence-electron chi connectivity index (χ4n) is 2.09. The summed E-state index contributed by atoms with van der Waals surface area (Å²) in [5, 5.41) is 6.65. The lowest BCUT2D eigenvalue weighted by atomic mass is 10.2. The van der Waals surface area contributed by atoms with Gasteiger partial charge in [0.2, 0.25) is 17.6 Å². The van der Waals surface area contributed by atoms with Crippen molar-refractivity contribution < 1.29 is 13.7 Å². The molecule has 0 bridgehead atoms. The van der Waals surface area contributed by atoms with Crippen molar-refractivity contribution >= 4 is 18.3 Å². The molecule has 0 spiro atoms. The molecule has 0 aromatic carbocycles. The second-order valence-corrected chi connectivity index (χ2v) is 5.29. The van der Waals surface area contributed by atoms with E-state index >= 15 is 0 Å². The first-order valence-corrected chi connectivity index (χ1v) is 7.11. The average molecular weight is 327 g/mol. The molecule has 1 saturated carbocycles. The van der Waals surface area contributed by atoms with Crippen LogP contribution in [0.5, 0.6) is 0 Å². The van der Waals surface area contributed by atoms with Crippen molar-refractivity contribution in [3.05, 3.63) is 24.3 Å². The van der Waals surface area contributed by atoms with E-state index in [1.165, 1.54) is 12.8 Å². The van der Waals surface area contributed by atoms with Gasteiger partial charge in [-0.3, -0.25) is 4.79 Å². The summed E-state index contributed by atoms with van der Waals surface area (Å²) in [7, 11) is 0. The number of carbonyl (C=O) groups is 1. The van der Waals surface area contributed by atoms with Gasteiger partial charge in [-0.15, -0.1) is 12.4 Å². The summed E-state index contributed by atoms with van der Waals surface area (Å²) >= 11 is 0. The van der Waals surface area contributed by atoms with Crippen LogP contribution < -0.4 is 11.1 Å². The number of furan rings is 1. The van der Waals surface area contributed by atoms with Crippen LogP contribution in [-0.2, 0) is 11.2 Å². The van der Waals surface area contributed by atoms with Crippen molar-refractivity contribution in [3.63, 3.8) is 0 Å². The van der Waals surface area contributed by atoms with Crippen LogP contribution in [0.2, 0.25) is 0 Å². The fraction of sp³-hybridized carbons (Fsp3) is 0.500. The van der Waals surface area contributed by atoms with Crippen molar-refractivity contribution in [1.82, 2.24) is 15.5 Å². The van der Waals surface area contributed by atoms with E-state index in [1.807, 2.05) is 0 Å². The molecular weight excluding hydrogens is 308 g/mol. The number of nitrogens with zero attached hydrogens (tertiary/aromatic N) is 2. The van der Waals surface area contributed by atoms with Crippen molar-refractivity contribution in [2.45, 2.75) is 31.7 Å². The van der Waals surface area contributed by atoms with Crippen LogP contribution in [0.1, 0.15) is 25.2 Å². The highest BCUT2D eigenvalue weighted by Gasteiger charge is 2.28. The number of rotatable bonds is 7. The third kappa shape index (κ3) is 4.32. The molecule has 120 valence electrons. The van der Waals surface area contributed by atoms with Crippen LogP contribution in [0.25, 0.3) is 11.6 Å². The normalized spacial score (nSPS) is 15.1. The monoisotopic (exact) mass is 326 g/mol. The molecule has 0 radical (unpaired) electrons. The molecule has 2 aromatic rings. The quantitative estimate of drug-likeness (QED) is 0.799. The highest BCUT2D eigenvalue weighted by atomic mass is 35.5. The maximum atomic E-state index is 11.7. The Hall–Kier alpha value is -1.86. The van der Waals surface area contributed by atoms with Crippen LogP contribution in [0, 0.1) is 5.92 Å². The van der Waals surface area contributed by atoms with Gasteiger partial charge in [0.1, 0.15) is 0 Å². The van der Waals surface area contributed by atoms with E-state index in [0.717, 1.165) is 0 Å². The number of aromatic nitrogens is 2. The SMILES string of the molecule is Cl.NC(CNC(=O)CCc1nc(-c2ccco2)no1)C1CC1. The van der Waals surface area contributed by atoms with Crippen molar-refractivity contribution in [3.8, 4) is 11.6 Å². The summed E-state index contributed by atoms with van der Waals surface area (Å²) < 4.78 is 10.3. The molecule has 3 N–H and O–H groups in total. The molecule has 0 aliphatic heterocycles. The van der Waals surface area contributed by atoms with Gasteiger partial charge < -0.3 is 20.0 Å². The summed E-state index contributed by atoms with van der Waals surface area (Å²) in [6, 6.07) is 3.57. The third-order valence-corrected chi connectivity index (χ3v) is 3.54. The van der Waals surface area contributed by atoms with Gasteiger partial charge in [-0.1, -0.05) is 5.16 Å². The molecule has 8 heteroatoms. The average Bonchev–Trinajstić information content (AvgIpc) is 3.01. The predicted molar refractivity (Wildman–Crippen MR) is 81.3 cm³/mol. The number of aryl methyl sites for hydroxylation is 1. The van der Waals surface area contributed by atoms with Gasteiger partial charge in [0.05, 0.1) is 6.26 Å². The van der Waals surface area contributed by atoms with Gasteiger partial charge in [-0.2, -0.15) is 4.98 Å². The summed E-state index contributed by atoms with van der Waals surface area (Å²) in [5.74, 6) is 1.89. The highest BCUT2D eigenvalue weighted by molar-refractivity contribution is 5.85. The molecule has 2 aromatic heterocycles. The number of nitrogens with two attached hydrogens (primary N) is 1. The number of hydrogen-bond acceptors (Lipinski definition) is 6. The fourth-order valence-corrected chi connectivity index (χ4v) is 2.09. The van der Waals surface area contributed by atoms with Gasteiger partial charge in [0, 0.05) is 25.4 Å². The Morgan fingerprint density at radius 3 is 3.00 bits per heavy atom. The van der Waals surface area contributed by atoms with Crippen molar-refractivity contribution in [1.29, 1.82) is 0 Å². The lowest BCUT2D eigenvalue weighted by molar-refractivity contribution is -0.121. The van der Waals surface area contributed by atoms with E-state index in [2.05, 4.69) is 15.5 Å². The Morgan fingerprint density at radius 2 is 2.32 bits per heavy atom. The minimum Gasteiger partial charge on any atom is -0.461 e. The number of amides is 1. The van der Waals surface area contributed by atoms with E-state index in [1.54, 1.807) is 18.4 Å². The minimum atomic E-state index is -0.0520. The van der Waals surface area contributed by atoms with E-state index in [9.17, 15) is 4.79 Å². The number of carbonyl (C=O) groups excluding carboxylic acids is 1. The van der Waals surface area contributed by atoms with Crippen molar-refractivity contribution in [2.75, 3.05) is 6.54 Å². The summed E-state index contributed by atoms with van der Waals surface area (Å²) in [4.78, 5) is 15.9. The first kappa shape index (κ1) is 16.5. The second kappa shape index (κ2) is 7.42. The number of nitrogens with one attached hydrogen (secondary N) is 1. The Morgan fingerprint density at radius 1 is 1.50 bits per heavy atom. The van der Waals surface area contributed by atoms with Gasteiger partial charge in [0.15, 0.2) is 5.76 Å². The molecule has 1 unspecified atom stereocenters. The van der Waals surface area contributed by atoms with E-state index in [-0.39, 0.29) is 24.4 Å². The molecule has 1 atom stereocenters. The first-order valence-electron chi connectivity index (χ1n) is 7.11. The van der Waals surface area contributed by atoms with Crippen LogP contribution in [0.4, 0.5) is 0 Å². The van der Waals surface area contributed by atoms with Gasteiger partial charge in [-0.05, 0) is 30.9 Å². The zero-order chi connectivity index (χ0) is 14.7. The summed E-state index contributed by atoms with van der Waals surface area (Å²) in [5.41, 5.74) is 5.93. The molecular formula is C14H19ClN4O3. The minimum absolute atomic E-state index is 0. The lowest BCUT2D eigenvalue weighted by Crippen LogP contribution is -2.38. The van der Waals surface area contributed by atoms with E-state index in [4.69, 9.17) is 14.7 Å². The third-order valence-electron chi connectivity index (χ3n) is 3.54. The Kier molecular flexibility index (Phi) is 5.57. The van der Waals surface area contributed by atoms with E-state index in [0.29, 0.717) is 42.8 Å². The maximum absolute atomic E-state index is 11.7. The largest absolute Gasteiger partial charge is 0.461 e. The topological polar surface area (TPSA) is 107 Å². The molecule has 1 aliphatic rings. The standard InChI is InChI=1S/C14H18N4O3.ClH/c15-10(9-3-4-9)8-16-12(19)5-6-13-17-14(18-21-13)11-2-1-7-20-11;/h1-2,7,9-10H,3-6,8,15H2,(H,16,19);1H. The Bertz CT molecular complexity index is 595. The molecule has 1 amide bonds. The van der Waals surface area contributed by atoms with Crippen LogP contribution >= 0.6 is 12.4 Å². The van der Waals surface area contributed by atoms with Gasteiger partial charge in [-0.25, -0.2) is 0 Å². The molecule has 2 heterocycles. The molecule has 0 saturated heterocycles. The highest BCUT2D eigenvalue weighted by Crippen LogP contribution is 2.31. The molecule has 7 nitrogen and oxygen atoms in total. The number of halogens is 1. The van der Waals surface area contributed by atoms with Crippen LogP contribution in [-0.4, -0.2) is 28.6 Å². The zero-order valence-electron chi connectivity index (χ0n) is 12.0. The maximum Gasteiger partial charge on any atom is 0.238 e. The van der Waals surface area contributed by atoms with Crippen LogP contribution in [0.3, 0.4) is 0 Å². The van der Waals surface area contributed by atoms with Gasteiger partial charge in [0.25, 0.3) is 0 Å². The van der Waals surface area contributed by atoms with Crippen molar-refractivity contribution in [2.24, 2.45) is 11.7 Å². The number of hydrogen-bond donors (Lipinski definition) is 2. The molecule has 1 fully saturated rings. The predicted octanol–water partition coefficient (Wildman–Crippen LogP) is 1.54. The molecule has 1 aliphatic carbocycles. The first-order chi connectivity index (χ1) is 10.2. The van der Waals surface area contributed by atoms with E-state index < -0.39 is 0 Å². The summed E-state index contributed by atoms with van der Waals surface area (Å²) in [6.07, 6.45) is 4.60. The Balaban J connectivity index is 0.00000176. The molecule has 3 rings (SSSR count). The zero-order valence-corrected chi connectivity index (χ0v) is 12.8. The smallest absolute Gasteiger partial charge is 0.238 e. The second-order valence-electron chi connectivity index (χ2n) is 5.29. The summed E-state index contributed by atoms with van der Waals surface area (Å²) in [6.45, 7) is 0.533. The van der Waals surface area contributed by atoms with Gasteiger partial charge >= 0.3 is 0 Å². The lowest BCUT2D eigenvalue weighted by Gasteiger charge is -2.10.